The number of amides is 2. The Labute approximate surface area is 157 Å². The highest BCUT2D eigenvalue weighted by atomic mass is 16.4. The topological polar surface area (TPSA) is 105 Å². The number of rotatable bonds is 7. The predicted molar refractivity (Wildman–Crippen MR) is 99.9 cm³/mol. The van der Waals surface area contributed by atoms with E-state index in [1.165, 1.54) is 24.9 Å². The number of hydrogen-bond acceptors (Lipinski definition) is 4. The van der Waals surface area contributed by atoms with Gasteiger partial charge in [0.1, 0.15) is 6.04 Å². The summed E-state index contributed by atoms with van der Waals surface area (Å²) in [6.45, 7) is 6.77. The first-order valence-corrected chi connectivity index (χ1v) is 8.63. The van der Waals surface area contributed by atoms with Crippen molar-refractivity contribution in [1.82, 2.24) is 20.0 Å². The molecule has 0 fully saturated rings. The van der Waals surface area contributed by atoms with Crippen LogP contribution in [0.15, 0.2) is 30.5 Å². The van der Waals surface area contributed by atoms with Gasteiger partial charge in [-0.1, -0.05) is 18.2 Å². The number of nitrogens with zero attached hydrogens (tertiary/aromatic N) is 3. The zero-order valence-corrected chi connectivity index (χ0v) is 15.9. The van der Waals surface area contributed by atoms with Crippen LogP contribution in [0, 0.1) is 13.8 Å². The molecule has 144 valence electrons. The molecular formula is C19H24N4O4. The third kappa shape index (κ3) is 4.52. The fraction of sp³-hybridized carbons (Fsp3) is 0.368. The van der Waals surface area contributed by atoms with E-state index < -0.39 is 17.9 Å². The summed E-state index contributed by atoms with van der Waals surface area (Å²) in [5, 5.41) is 16.2. The van der Waals surface area contributed by atoms with Gasteiger partial charge >= 0.3 is 5.97 Å². The molecule has 2 amide bonds. The maximum atomic E-state index is 13.0. The lowest BCUT2D eigenvalue weighted by atomic mass is 10.1. The van der Waals surface area contributed by atoms with Crippen molar-refractivity contribution in [3.63, 3.8) is 0 Å². The molecule has 1 unspecified atom stereocenters. The van der Waals surface area contributed by atoms with Gasteiger partial charge in [0.15, 0.2) is 0 Å². The van der Waals surface area contributed by atoms with Gasteiger partial charge in [0, 0.05) is 20.0 Å². The summed E-state index contributed by atoms with van der Waals surface area (Å²) in [6.07, 6.45) is 1.45. The summed E-state index contributed by atoms with van der Waals surface area (Å²) in [7, 11) is 0. The van der Waals surface area contributed by atoms with Gasteiger partial charge in [-0.3, -0.25) is 9.59 Å². The lowest BCUT2D eigenvalue weighted by Gasteiger charge is -2.26. The molecule has 0 aliphatic rings. The van der Waals surface area contributed by atoms with Crippen molar-refractivity contribution in [2.45, 2.75) is 33.7 Å². The minimum Gasteiger partial charge on any atom is -0.480 e. The Balaban J connectivity index is 2.33. The normalized spacial score (nSPS) is 11.7. The molecule has 0 saturated heterocycles. The van der Waals surface area contributed by atoms with Crippen molar-refractivity contribution in [2.24, 2.45) is 0 Å². The number of aliphatic carboxylic acids is 1. The Hall–Kier alpha value is -3.16. The smallest absolute Gasteiger partial charge is 0.326 e. The maximum Gasteiger partial charge on any atom is 0.326 e. The van der Waals surface area contributed by atoms with E-state index in [9.17, 15) is 19.5 Å². The molecule has 1 aromatic carbocycles. The number of carboxylic acid groups (broad SMARTS) is 1. The van der Waals surface area contributed by atoms with E-state index in [0.29, 0.717) is 11.3 Å². The van der Waals surface area contributed by atoms with E-state index in [0.717, 1.165) is 11.3 Å². The van der Waals surface area contributed by atoms with Crippen molar-refractivity contribution in [1.29, 1.82) is 0 Å². The van der Waals surface area contributed by atoms with Gasteiger partial charge in [-0.25, -0.2) is 9.48 Å². The Kier molecular flexibility index (Phi) is 6.33. The third-order valence-corrected chi connectivity index (χ3v) is 4.40. The fourth-order valence-electron chi connectivity index (χ4n) is 2.77. The Morgan fingerprint density at radius 1 is 1.26 bits per heavy atom. The minimum atomic E-state index is -1.12. The number of benzene rings is 1. The van der Waals surface area contributed by atoms with Gasteiger partial charge in [0.2, 0.25) is 5.91 Å². The molecule has 27 heavy (non-hydrogen) atoms. The van der Waals surface area contributed by atoms with Crippen LogP contribution in [0.2, 0.25) is 0 Å². The maximum absolute atomic E-state index is 13.0. The van der Waals surface area contributed by atoms with Gasteiger partial charge < -0.3 is 15.3 Å². The number of hydrogen-bond donors (Lipinski definition) is 2. The molecule has 8 heteroatoms. The summed E-state index contributed by atoms with van der Waals surface area (Å²) in [5.74, 6) is -1.79. The van der Waals surface area contributed by atoms with Crippen LogP contribution in [-0.2, 0) is 9.59 Å². The molecule has 1 atom stereocenters. The summed E-state index contributed by atoms with van der Waals surface area (Å²) >= 11 is 0. The van der Waals surface area contributed by atoms with Gasteiger partial charge in [0.25, 0.3) is 5.91 Å². The predicted octanol–water partition coefficient (Wildman–Crippen LogP) is 1.54. The molecule has 0 spiro atoms. The third-order valence-electron chi connectivity index (χ3n) is 4.40. The van der Waals surface area contributed by atoms with Crippen LogP contribution in [0.1, 0.15) is 35.5 Å². The van der Waals surface area contributed by atoms with E-state index in [-0.39, 0.29) is 19.0 Å². The Morgan fingerprint density at radius 3 is 2.52 bits per heavy atom. The molecule has 0 bridgehead atoms. The average molecular weight is 372 g/mol. The van der Waals surface area contributed by atoms with E-state index in [1.54, 1.807) is 11.6 Å². The summed E-state index contributed by atoms with van der Waals surface area (Å²) < 4.78 is 1.67. The average Bonchev–Trinajstić information content (AvgIpc) is 2.99. The fourth-order valence-corrected chi connectivity index (χ4v) is 2.77. The number of aromatic nitrogens is 2. The summed E-state index contributed by atoms with van der Waals surface area (Å²) in [5.41, 5.74) is 2.81. The number of nitrogens with one attached hydrogen (secondary N) is 1. The lowest BCUT2D eigenvalue weighted by molar-refractivity contribution is -0.141. The zero-order chi connectivity index (χ0) is 20.1. The van der Waals surface area contributed by atoms with Gasteiger partial charge in [-0.15, -0.1) is 0 Å². The van der Waals surface area contributed by atoms with Crippen LogP contribution < -0.4 is 5.32 Å². The van der Waals surface area contributed by atoms with Crippen molar-refractivity contribution >= 4 is 17.8 Å². The van der Waals surface area contributed by atoms with E-state index in [4.69, 9.17) is 0 Å². The largest absolute Gasteiger partial charge is 0.480 e. The highest BCUT2D eigenvalue weighted by Crippen LogP contribution is 2.19. The van der Waals surface area contributed by atoms with Crippen LogP contribution in [0.25, 0.3) is 5.69 Å². The van der Waals surface area contributed by atoms with Gasteiger partial charge in [-0.2, -0.15) is 5.10 Å². The van der Waals surface area contributed by atoms with Crippen LogP contribution in [0.4, 0.5) is 0 Å². The highest BCUT2D eigenvalue weighted by molar-refractivity contribution is 5.97. The molecular weight excluding hydrogens is 348 g/mol. The SMILES string of the molecule is CC(=O)NCCN(C(=O)c1cnn(-c2ccccc2C)c1C)C(C)C(=O)O. The van der Waals surface area contributed by atoms with Crippen LogP contribution in [-0.4, -0.2) is 56.7 Å². The quantitative estimate of drug-likeness (QED) is 0.767. The van der Waals surface area contributed by atoms with Crippen molar-refractivity contribution in [3.8, 4) is 5.69 Å². The van der Waals surface area contributed by atoms with Crippen LogP contribution in [0.5, 0.6) is 0 Å². The molecule has 1 heterocycles. The first-order valence-electron chi connectivity index (χ1n) is 8.63. The zero-order valence-electron chi connectivity index (χ0n) is 15.9. The molecule has 0 radical (unpaired) electrons. The van der Waals surface area contributed by atoms with Crippen molar-refractivity contribution < 1.29 is 19.5 Å². The van der Waals surface area contributed by atoms with Gasteiger partial charge in [0.05, 0.1) is 23.1 Å². The molecule has 2 aromatic rings. The summed E-state index contributed by atoms with van der Waals surface area (Å²) in [4.78, 5) is 36.7. The second-order valence-corrected chi connectivity index (χ2v) is 6.34. The molecule has 2 N–H and O–H groups in total. The van der Waals surface area contributed by atoms with E-state index in [1.807, 2.05) is 31.2 Å². The molecule has 0 aliphatic carbocycles. The molecule has 0 saturated carbocycles. The molecule has 8 nitrogen and oxygen atoms in total. The molecule has 2 rings (SSSR count). The number of carboxylic acids is 1. The highest BCUT2D eigenvalue weighted by Gasteiger charge is 2.28. The first kappa shape index (κ1) is 20.2. The Morgan fingerprint density at radius 2 is 1.93 bits per heavy atom. The van der Waals surface area contributed by atoms with E-state index in [2.05, 4.69) is 10.4 Å². The molecule has 1 aromatic heterocycles. The van der Waals surface area contributed by atoms with Crippen LogP contribution in [0.3, 0.4) is 0 Å². The Bertz CT molecular complexity index is 859. The summed E-state index contributed by atoms with van der Waals surface area (Å²) in [6, 6.07) is 6.62. The second-order valence-electron chi connectivity index (χ2n) is 6.34. The first-order chi connectivity index (χ1) is 12.7. The minimum absolute atomic E-state index is 0.0842. The number of carbonyl (C=O) groups excluding carboxylic acids is 2. The monoisotopic (exact) mass is 372 g/mol. The van der Waals surface area contributed by atoms with Crippen molar-refractivity contribution in [3.05, 3.63) is 47.3 Å². The number of para-hydroxylation sites is 1. The second kappa shape index (κ2) is 8.48. The number of aryl methyl sites for hydroxylation is 1. The number of carbonyl (C=O) groups is 3. The molecule has 0 aliphatic heterocycles. The van der Waals surface area contributed by atoms with Crippen LogP contribution >= 0.6 is 0 Å². The lowest BCUT2D eigenvalue weighted by Crippen LogP contribution is -2.46. The standard InChI is InChI=1S/C19H24N4O4/c1-12-7-5-6-8-17(12)23-13(2)16(11-21-23)18(25)22(14(3)19(26)27)10-9-20-15(4)24/h5-8,11,14H,9-10H2,1-4H3,(H,20,24)(H,26,27). The van der Waals surface area contributed by atoms with Crippen molar-refractivity contribution in [2.75, 3.05) is 13.1 Å². The van der Waals surface area contributed by atoms with Gasteiger partial charge in [-0.05, 0) is 32.4 Å². The van der Waals surface area contributed by atoms with E-state index >= 15 is 0 Å².